The minimum atomic E-state index is -3.69. The van der Waals surface area contributed by atoms with Crippen LogP contribution in [0.5, 0.6) is 0 Å². The van der Waals surface area contributed by atoms with E-state index in [0.717, 1.165) is 19.6 Å². The zero-order valence-corrected chi connectivity index (χ0v) is 14.0. The number of nitrogens with one attached hydrogen (secondary N) is 2. The molecule has 0 radical (unpaired) electrons. The Morgan fingerprint density at radius 3 is 2.57 bits per heavy atom. The van der Waals surface area contributed by atoms with Gasteiger partial charge in [-0.1, -0.05) is 18.2 Å². The van der Waals surface area contributed by atoms with Crippen molar-refractivity contribution in [2.24, 2.45) is 0 Å². The van der Waals surface area contributed by atoms with E-state index < -0.39 is 16.1 Å². The number of hydrogen-bond donors (Lipinski definition) is 2. The van der Waals surface area contributed by atoms with Crippen LogP contribution in [0.4, 0.5) is 0 Å². The Balaban J connectivity index is 1.78. The Kier molecular flexibility index (Phi) is 6.52. The van der Waals surface area contributed by atoms with Crippen LogP contribution in [0.25, 0.3) is 0 Å². The highest BCUT2D eigenvalue weighted by Gasteiger charge is 2.21. The monoisotopic (exact) mass is 341 g/mol. The van der Waals surface area contributed by atoms with Crippen molar-refractivity contribution in [3.05, 3.63) is 30.3 Å². The van der Waals surface area contributed by atoms with Crippen LogP contribution in [0.2, 0.25) is 0 Å². The first-order valence-electron chi connectivity index (χ1n) is 7.64. The summed E-state index contributed by atoms with van der Waals surface area (Å²) in [6, 6.07) is 7.17. The Bertz CT molecular complexity index is 600. The van der Waals surface area contributed by atoms with E-state index >= 15 is 0 Å². The first-order chi connectivity index (χ1) is 11.0. The zero-order chi connectivity index (χ0) is 16.7. The molecular weight excluding hydrogens is 318 g/mol. The molecule has 0 aliphatic carbocycles. The summed E-state index contributed by atoms with van der Waals surface area (Å²) in [6.45, 7) is 5.87. The van der Waals surface area contributed by atoms with Crippen LogP contribution >= 0.6 is 0 Å². The molecule has 0 spiro atoms. The number of amides is 1. The van der Waals surface area contributed by atoms with Gasteiger partial charge in [0.05, 0.1) is 24.2 Å². The van der Waals surface area contributed by atoms with Crippen molar-refractivity contribution < 1.29 is 17.9 Å². The Morgan fingerprint density at radius 1 is 1.26 bits per heavy atom. The molecule has 8 heteroatoms. The second-order valence-corrected chi connectivity index (χ2v) is 7.12. The topological polar surface area (TPSA) is 87.7 Å². The van der Waals surface area contributed by atoms with Crippen molar-refractivity contribution in [3.63, 3.8) is 0 Å². The summed E-state index contributed by atoms with van der Waals surface area (Å²) >= 11 is 0. The summed E-state index contributed by atoms with van der Waals surface area (Å²) in [5.41, 5.74) is 0. The molecule has 1 aromatic rings. The molecule has 7 nitrogen and oxygen atoms in total. The number of ether oxygens (including phenoxy) is 1. The molecule has 1 amide bonds. The summed E-state index contributed by atoms with van der Waals surface area (Å²) < 4.78 is 32.0. The van der Waals surface area contributed by atoms with Gasteiger partial charge < -0.3 is 10.1 Å². The standard InChI is InChI=1S/C15H23N3O4S/c1-13(17-23(20,21)14-5-3-2-4-6-14)15(19)16-7-8-18-9-11-22-12-10-18/h2-6,13,17H,7-12H2,1H3,(H,16,19)/t13-/m1/s1. The van der Waals surface area contributed by atoms with Gasteiger partial charge in [-0.25, -0.2) is 8.42 Å². The minimum absolute atomic E-state index is 0.146. The first kappa shape index (κ1) is 17.9. The van der Waals surface area contributed by atoms with Crippen molar-refractivity contribution in [1.82, 2.24) is 14.9 Å². The molecule has 1 heterocycles. The fraction of sp³-hybridized carbons (Fsp3) is 0.533. The van der Waals surface area contributed by atoms with Crippen LogP contribution in [0.1, 0.15) is 6.92 Å². The SMILES string of the molecule is C[C@@H](NS(=O)(=O)c1ccccc1)C(=O)NCCN1CCOCC1. The third kappa shape index (κ3) is 5.58. The quantitative estimate of drug-likeness (QED) is 0.717. The maximum atomic E-state index is 12.2. The maximum Gasteiger partial charge on any atom is 0.241 e. The molecule has 1 fully saturated rings. The van der Waals surface area contributed by atoms with Crippen LogP contribution < -0.4 is 10.0 Å². The average molecular weight is 341 g/mol. The van der Waals surface area contributed by atoms with E-state index in [4.69, 9.17) is 4.74 Å². The van der Waals surface area contributed by atoms with Crippen molar-refractivity contribution in [1.29, 1.82) is 0 Å². The van der Waals surface area contributed by atoms with Gasteiger partial charge >= 0.3 is 0 Å². The summed E-state index contributed by atoms with van der Waals surface area (Å²) in [5, 5.41) is 2.76. The van der Waals surface area contributed by atoms with Crippen molar-refractivity contribution in [2.75, 3.05) is 39.4 Å². The van der Waals surface area contributed by atoms with Crippen LogP contribution in [0.15, 0.2) is 35.2 Å². The molecule has 0 aromatic heterocycles. The first-order valence-corrected chi connectivity index (χ1v) is 9.12. The second kappa shape index (κ2) is 8.39. The minimum Gasteiger partial charge on any atom is -0.379 e. The molecular formula is C15H23N3O4S. The Morgan fingerprint density at radius 2 is 1.91 bits per heavy atom. The van der Waals surface area contributed by atoms with E-state index in [9.17, 15) is 13.2 Å². The van der Waals surface area contributed by atoms with Gasteiger partial charge in [-0.3, -0.25) is 9.69 Å². The van der Waals surface area contributed by atoms with Gasteiger partial charge in [0.2, 0.25) is 15.9 Å². The fourth-order valence-electron chi connectivity index (χ4n) is 2.27. The normalized spacial score (nSPS) is 17.6. The highest BCUT2D eigenvalue weighted by molar-refractivity contribution is 7.89. The number of carbonyl (C=O) groups excluding carboxylic acids is 1. The van der Waals surface area contributed by atoms with Crippen molar-refractivity contribution in [2.45, 2.75) is 17.9 Å². The number of morpholine rings is 1. The summed E-state index contributed by atoms with van der Waals surface area (Å²) in [6.07, 6.45) is 0. The van der Waals surface area contributed by atoms with E-state index in [1.807, 2.05) is 0 Å². The third-order valence-electron chi connectivity index (χ3n) is 3.61. The van der Waals surface area contributed by atoms with Gasteiger partial charge in [0.15, 0.2) is 0 Å². The van der Waals surface area contributed by atoms with Gasteiger partial charge in [-0.05, 0) is 19.1 Å². The Labute approximate surface area is 137 Å². The predicted octanol–water partition coefficient (Wildman–Crippen LogP) is -0.198. The molecule has 1 aliphatic rings. The second-order valence-electron chi connectivity index (χ2n) is 5.40. The molecule has 2 N–H and O–H groups in total. The smallest absolute Gasteiger partial charge is 0.241 e. The van der Waals surface area contributed by atoms with Gasteiger partial charge in [0.25, 0.3) is 0 Å². The largest absolute Gasteiger partial charge is 0.379 e. The van der Waals surface area contributed by atoms with Gasteiger partial charge in [-0.2, -0.15) is 4.72 Å². The summed E-state index contributed by atoms with van der Waals surface area (Å²) in [7, 11) is -3.69. The lowest BCUT2D eigenvalue weighted by Crippen LogP contribution is -2.47. The highest BCUT2D eigenvalue weighted by atomic mass is 32.2. The fourth-order valence-corrected chi connectivity index (χ4v) is 3.49. The number of benzene rings is 1. The van der Waals surface area contributed by atoms with E-state index in [-0.39, 0.29) is 10.8 Å². The van der Waals surface area contributed by atoms with Crippen LogP contribution in [0, 0.1) is 0 Å². The zero-order valence-electron chi connectivity index (χ0n) is 13.2. The van der Waals surface area contributed by atoms with Gasteiger partial charge in [0.1, 0.15) is 0 Å². The molecule has 1 aliphatic heterocycles. The molecule has 1 atom stereocenters. The third-order valence-corrected chi connectivity index (χ3v) is 5.17. The molecule has 23 heavy (non-hydrogen) atoms. The molecule has 0 saturated carbocycles. The van der Waals surface area contributed by atoms with Crippen molar-refractivity contribution >= 4 is 15.9 Å². The number of rotatable bonds is 7. The average Bonchev–Trinajstić information content (AvgIpc) is 2.56. The lowest BCUT2D eigenvalue weighted by atomic mass is 10.3. The summed E-state index contributed by atoms with van der Waals surface area (Å²) in [4.78, 5) is 14.4. The van der Waals surface area contributed by atoms with E-state index in [0.29, 0.717) is 19.8 Å². The van der Waals surface area contributed by atoms with E-state index in [1.54, 1.807) is 18.2 Å². The highest BCUT2D eigenvalue weighted by Crippen LogP contribution is 2.07. The van der Waals surface area contributed by atoms with Gasteiger partial charge in [0, 0.05) is 26.2 Å². The number of carbonyl (C=O) groups is 1. The molecule has 0 unspecified atom stereocenters. The molecule has 128 valence electrons. The number of hydrogen-bond acceptors (Lipinski definition) is 5. The lowest BCUT2D eigenvalue weighted by Gasteiger charge is -2.26. The van der Waals surface area contributed by atoms with Crippen LogP contribution in [-0.2, 0) is 19.6 Å². The molecule has 1 aromatic carbocycles. The van der Waals surface area contributed by atoms with Gasteiger partial charge in [-0.15, -0.1) is 0 Å². The Hall–Kier alpha value is -1.48. The number of nitrogens with zero attached hydrogens (tertiary/aromatic N) is 1. The number of sulfonamides is 1. The molecule has 1 saturated heterocycles. The molecule has 0 bridgehead atoms. The molecule has 2 rings (SSSR count). The maximum absolute atomic E-state index is 12.2. The van der Waals surface area contributed by atoms with Crippen molar-refractivity contribution in [3.8, 4) is 0 Å². The van der Waals surface area contributed by atoms with Crippen LogP contribution in [-0.4, -0.2) is 64.7 Å². The van der Waals surface area contributed by atoms with E-state index in [1.165, 1.54) is 19.1 Å². The lowest BCUT2D eigenvalue weighted by molar-refractivity contribution is -0.122. The predicted molar refractivity (Wildman–Crippen MR) is 86.5 cm³/mol. The van der Waals surface area contributed by atoms with Crippen LogP contribution in [0.3, 0.4) is 0 Å². The van der Waals surface area contributed by atoms with E-state index in [2.05, 4.69) is 14.9 Å². The summed E-state index contributed by atoms with van der Waals surface area (Å²) in [5.74, 6) is -0.335.